The quantitative estimate of drug-likeness (QED) is 0.493. The van der Waals surface area contributed by atoms with E-state index in [1.807, 2.05) is 55.5 Å². The smallest absolute Gasteiger partial charge is 0.265 e. The van der Waals surface area contributed by atoms with Crippen LogP contribution in [-0.2, 0) is 21.3 Å². The topological polar surface area (TPSA) is 96.4 Å². The number of allylic oxidation sites excluding steroid dienone is 2. The molecule has 2 aliphatic rings. The standard InChI is InChI=1S/C26H20BrN3O3S/c1-16-6-8-17(9-7-16)15-30-22-5-3-2-4-20(22)24-25(34(30,31)32)23(21(14-28)26(29)33-24)18-10-12-19(27)13-11-18/h2-13,23H,15,29H2,1H3/t23-/m1/s1. The first-order valence-corrected chi connectivity index (χ1v) is 12.8. The number of fused-ring (bicyclic) bond motifs is 2. The molecule has 1 atom stereocenters. The summed E-state index contributed by atoms with van der Waals surface area (Å²) in [7, 11) is -4.08. The van der Waals surface area contributed by atoms with Crippen molar-refractivity contribution in [3.8, 4) is 6.07 Å². The monoisotopic (exact) mass is 533 g/mol. The second kappa shape index (κ2) is 8.35. The van der Waals surface area contributed by atoms with Crippen molar-refractivity contribution >= 4 is 37.4 Å². The molecule has 0 saturated heterocycles. The van der Waals surface area contributed by atoms with Crippen LogP contribution in [-0.4, -0.2) is 8.42 Å². The van der Waals surface area contributed by atoms with E-state index < -0.39 is 15.9 Å². The van der Waals surface area contributed by atoms with Gasteiger partial charge in [-0.3, -0.25) is 4.31 Å². The maximum atomic E-state index is 14.2. The Kier molecular flexibility index (Phi) is 5.47. The number of hydrogen-bond donors (Lipinski definition) is 1. The molecule has 3 aromatic rings. The number of rotatable bonds is 3. The van der Waals surface area contributed by atoms with Gasteiger partial charge in [-0.1, -0.05) is 70.0 Å². The molecule has 0 amide bonds. The number of halogens is 1. The molecular weight excluding hydrogens is 514 g/mol. The summed E-state index contributed by atoms with van der Waals surface area (Å²) in [5.74, 6) is -0.813. The molecule has 2 heterocycles. The lowest BCUT2D eigenvalue weighted by atomic mass is 9.88. The number of ether oxygens (including phenoxy) is 1. The second-order valence-corrected chi connectivity index (χ2v) is 10.9. The summed E-state index contributed by atoms with van der Waals surface area (Å²) in [5, 5.41) is 9.92. The summed E-state index contributed by atoms with van der Waals surface area (Å²) in [6, 6.07) is 24.2. The van der Waals surface area contributed by atoms with Gasteiger partial charge in [-0.15, -0.1) is 0 Å². The van der Waals surface area contributed by atoms with Crippen LogP contribution in [0.5, 0.6) is 0 Å². The zero-order valence-corrected chi connectivity index (χ0v) is 20.6. The van der Waals surface area contributed by atoms with Crippen LogP contribution >= 0.6 is 15.9 Å². The van der Waals surface area contributed by atoms with Crippen LogP contribution in [0.1, 0.15) is 28.2 Å². The van der Waals surface area contributed by atoms with E-state index in [0.29, 0.717) is 16.8 Å². The summed E-state index contributed by atoms with van der Waals surface area (Å²) < 4.78 is 36.5. The van der Waals surface area contributed by atoms with Crippen molar-refractivity contribution in [2.24, 2.45) is 5.73 Å². The number of hydrogen-bond acceptors (Lipinski definition) is 5. The Labute approximate surface area is 206 Å². The number of nitrogens with two attached hydrogens (primary N) is 1. The molecule has 34 heavy (non-hydrogen) atoms. The summed E-state index contributed by atoms with van der Waals surface area (Å²) in [6.45, 7) is 2.13. The summed E-state index contributed by atoms with van der Waals surface area (Å²) in [6.07, 6.45) is 0. The van der Waals surface area contributed by atoms with Gasteiger partial charge in [0.15, 0.2) is 5.76 Å². The fraction of sp³-hybridized carbons (Fsp3) is 0.115. The molecule has 0 radical (unpaired) electrons. The van der Waals surface area contributed by atoms with Gasteiger partial charge in [-0.2, -0.15) is 5.26 Å². The molecular formula is C26H20BrN3O3S. The largest absolute Gasteiger partial charge is 0.439 e. The third-order valence-corrected chi connectivity index (χ3v) is 8.42. The van der Waals surface area contributed by atoms with Crippen LogP contribution in [0.25, 0.3) is 5.76 Å². The van der Waals surface area contributed by atoms with Gasteiger partial charge in [0, 0.05) is 10.0 Å². The molecule has 2 N–H and O–H groups in total. The Morgan fingerprint density at radius 3 is 2.41 bits per heavy atom. The average molecular weight is 534 g/mol. The molecule has 2 aliphatic heterocycles. The number of sulfonamides is 1. The average Bonchev–Trinajstić information content (AvgIpc) is 2.82. The van der Waals surface area contributed by atoms with E-state index in [0.717, 1.165) is 15.6 Å². The maximum absolute atomic E-state index is 14.2. The second-order valence-electron chi connectivity index (χ2n) is 8.18. The van der Waals surface area contributed by atoms with E-state index >= 15 is 0 Å². The first kappa shape index (κ1) is 22.3. The van der Waals surface area contributed by atoms with Crippen molar-refractivity contribution in [1.82, 2.24) is 0 Å². The SMILES string of the molecule is Cc1ccc(CN2c3ccccc3C3=C([C@H](c4ccc(Br)cc4)C(C#N)=C(N)O3)S2(=O)=O)cc1. The zero-order valence-electron chi connectivity index (χ0n) is 18.2. The predicted octanol–water partition coefficient (Wildman–Crippen LogP) is 5.28. The third-order valence-electron chi connectivity index (χ3n) is 6.01. The lowest BCUT2D eigenvalue weighted by molar-refractivity contribution is 0.357. The fourth-order valence-corrected chi connectivity index (χ4v) is 6.50. The predicted molar refractivity (Wildman–Crippen MR) is 134 cm³/mol. The number of anilines is 1. The molecule has 0 unspecified atom stereocenters. The summed E-state index contributed by atoms with van der Waals surface area (Å²) >= 11 is 3.41. The van der Waals surface area contributed by atoms with E-state index in [-0.39, 0.29) is 28.7 Å². The normalized spacial score (nSPS) is 18.6. The molecule has 0 bridgehead atoms. The lowest BCUT2D eigenvalue weighted by Gasteiger charge is -2.38. The molecule has 0 spiro atoms. The third kappa shape index (κ3) is 3.58. The molecule has 0 aromatic heterocycles. The van der Waals surface area contributed by atoms with E-state index in [1.54, 1.807) is 24.3 Å². The van der Waals surface area contributed by atoms with Crippen molar-refractivity contribution in [2.75, 3.05) is 4.31 Å². The number of nitriles is 1. The minimum Gasteiger partial charge on any atom is -0.439 e. The zero-order chi connectivity index (χ0) is 24.0. The van der Waals surface area contributed by atoms with E-state index in [1.165, 1.54) is 4.31 Å². The molecule has 6 nitrogen and oxygen atoms in total. The summed E-state index contributed by atoms with van der Waals surface area (Å²) in [4.78, 5) is 0.0198. The van der Waals surface area contributed by atoms with Crippen molar-refractivity contribution in [1.29, 1.82) is 5.26 Å². The van der Waals surface area contributed by atoms with Gasteiger partial charge in [-0.25, -0.2) is 8.42 Å². The van der Waals surface area contributed by atoms with Gasteiger partial charge in [0.1, 0.15) is 16.5 Å². The Bertz CT molecular complexity index is 1500. The highest BCUT2D eigenvalue weighted by atomic mass is 79.9. The molecule has 0 fully saturated rings. The van der Waals surface area contributed by atoms with Gasteiger partial charge < -0.3 is 10.5 Å². The maximum Gasteiger partial charge on any atom is 0.265 e. The van der Waals surface area contributed by atoms with Gasteiger partial charge in [0.25, 0.3) is 10.0 Å². The van der Waals surface area contributed by atoms with E-state index in [2.05, 4.69) is 22.0 Å². The minimum atomic E-state index is -4.08. The van der Waals surface area contributed by atoms with Crippen LogP contribution < -0.4 is 10.0 Å². The highest BCUT2D eigenvalue weighted by Crippen LogP contribution is 2.51. The van der Waals surface area contributed by atoms with Gasteiger partial charge in [0.05, 0.1) is 18.2 Å². The first-order valence-electron chi connectivity index (χ1n) is 10.6. The van der Waals surface area contributed by atoms with Crippen LogP contribution in [0.3, 0.4) is 0 Å². The van der Waals surface area contributed by atoms with Gasteiger partial charge in [-0.05, 0) is 42.3 Å². The molecule has 5 rings (SSSR count). The fourth-order valence-electron chi connectivity index (χ4n) is 4.33. The van der Waals surface area contributed by atoms with Crippen LogP contribution in [0.4, 0.5) is 5.69 Å². The highest BCUT2D eigenvalue weighted by Gasteiger charge is 2.47. The molecule has 8 heteroatoms. The van der Waals surface area contributed by atoms with Crippen LogP contribution in [0.15, 0.2) is 93.6 Å². The number of aryl methyl sites for hydroxylation is 1. The molecule has 3 aromatic carbocycles. The molecule has 0 aliphatic carbocycles. The van der Waals surface area contributed by atoms with Crippen molar-refractivity contribution in [2.45, 2.75) is 19.4 Å². The lowest BCUT2D eigenvalue weighted by Crippen LogP contribution is -2.39. The Balaban J connectivity index is 1.75. The van der Waals surface area contributed by atoms with Crippen LogP contribution in [0.2, 0.25) is 0 Å². The summed E-state index contributed by atoms with van der Waals surface area (Å²) in [5.41, 5.74) is 9.91. The van der Waals surface area contributed by atoms with Gasteiger partial charge in [0.2, 0.25) is 5.88 Å². The molecule has 170 valence electrons. The minimum absolute atomic E-state index is 0.0198. The van der Waals surface area contributed by atoms with Crippen molar-refractivity contribution in [3.63, 3.8) is 0 Å². The number of para-hydroxylation sites is 1. The van der Waals surface area contributed by atoms with Crippen molar-refractivity contribution < 1.29 is 13.2 Å². The Morgan fingerprint density at radius 2 is 1.74 bits per heavy atom. The van der Waals surface area contributed by atoms with Crippen LogP contribution in [0, 0.1) is 18.3 Å². The number of benzene rings is 3. The number of nitrogens with zero attached hydrogens (tertiary/aromatic N) is 2. The molecule has 0 saturated carbocycles. The first-order chi connectivity index (χ1) is 16.3. The Morgan fingerprint density at radius 1 is 1.06 bits per heavy atom. The highest BCUT2D eigenvalue weighted by molar-refractivity contribution is 9.10. The van der Waals surface area contributed by atoms with Crippen molar-refractivity contribution in [3.05, 3.63) is 116 Å². The van der Waals surface area contributed by atoms with E-state index in [4.69, 9.17) is 10.5 Å². The van der Waals surface area contributed by atoms with E-state index in [9.17, 15) is 13.7 Å². The van der Waals surface area contributed by atoms with Gasteiger partial charge >= 0.3 is 0 Å². The Hall–Kier alpha value is -3.54.